The van der Waals surface area contributed by atoms with E-state index in [4.69, 9.17) is 9.47 Å². The fourth-order valence-electron chi connectivity index (χ4n) is 5.40. The minimum absolute atomic E-state index is 0.00101. The van der Waals surface area contributed by atoms with Gasteiger partial charge in [-0.1, -0.05) is 42.8 Å². The number of hydrogen-bond acceptors (Lipinski definition) is 4. The Morgan fingerprint density at radius 1 is 0.857 bits per heavy atom. The zero-order valence-corrected chi connectivity index (χ0v) is 20.6. The number of benzene rings is 3. The van der Waals surface area contributed by atoms with E-state index in [1.165, 1.54) is 36.0 Å². The number of allylic oxidation sites excluding steroid dienone is 1. The maximum Gasteiger partial charge on any atom is 0.150 e. The number of nitrogens with zero attached hydrogens (tertiary/aromatic N) is 1. The van der Waals surface area contributed by atoms with Crippen molar-refractivity contribution >= 4 is 17.4 Å². The lowest BCUT2D eigenvalue weighted by molar-refractivity contribution is 0.0262. The molecule has 0 amide bonds. The maximum atomic E-state index is 12.2. The van der Waals surface area contributed by atoms with Crippen LogP contribution in [-0.2, 0) is 6.42 Å². The van der Waals surface area contributed by atoms with Gasteiger partial charge in [0.15, 0.2) is 6.29 Å². The van der Waals surface area contributed by atoms with Gasteiger partial charge in [0.25, 0.3) is 0 Å². The van der Waals surface area contributed by atoms with Crippen molar-refractivity contribution in [1.82, 2.24) is 4.90 Å². The van der Waals surface area contributed by atoms with Crippen LogP contribution in [0.5, 0.6) is 11.5 Å². The van der Waals surface area contributed by atoms with Gasteiger partial charge in [-0.15, -0.1) is 0 Å². The largest absolute Gasteiger partial charge is 0.497 e. The van der Waals surface area contributed by atoms with Gasteiger partial charge < -0.3 is 9.47 Å². The summed E-state index contributed by atoms with van der Waals surface area (Å²) in [5.74, 6) is 1.64. The van der Waals surface area contributed by atoms with Gasteiger partial charge >= 0.3 is 0 Å². The lowest BCUT2D eigenvalue weighted by atomic mass is 9.78. The van der Waals surface area contributed by atoms with Crippen LogP contribution < -0.4 is 9.47 Å². The quantitative estimate of drug-likeness (QED) is 0.366. The SMILES string of the molecule is COc1ccc(C2=C(c3cc(OC(C)N4CCCCC4)ccc3C=O)c3ccccc3CC2)cc1. The van der Waals surface area contributed by atoms with E-state index in [0.29, 0.717) is 5.56 Å². The third-order valence-corrected chi connectivity index (χ3v) is 7.30. The summed E-state index contributed by atoms with van der Waals surface area (Å²) in [4.78, 5) is 14.6. The van der Waals surface area contributed by atoms with E-state index in [9.17, 15) is 4.79 Å². The molecule has 0 spiro atoms. The summed E-state index contributed by atoms with van der Waals surface area (Å²) in [5.41, 5.74) is 7.63. The first-order valence-corrected chi connectivity index (χ1v) is 12.6. The second-order valence-electron chi connectivity index (χ2n) is 9.42. The first-order valence-electron chi connectivity index (χ1n) is 12.6. The summed E-state index contributed by atoms with van der Waals surface area (Å²) in [6, 6.07) is 22.7. The zero-order chi connectivity index (χ0) is 24.2. The summed E-state index contributed by atoms with van der Waals surface area (Å²) in [5, 5.41) is 0. The highest BCUT2D eigenvalue weighted by Gasteiger charge is 2.24. The van der Waals surface area contributed by atoms with Crippen LogP contribution in [0.1, 0.15) is 65.2 Å². The number of carbonyl (C=O) groups is 1. The standard InChI is InChI=1S/C31H33NO3/c1-22(32-18-6-3-7-19-32)35-27-16-12-25(21-33)30(20-27)31-28-9-5-4-8-23(28)13-17-29(31)24-10-14-26(34-2)15-11-24/h4-5,8-12,14-16,20-22H,3,6-7,13,17-19H2,1-2H3. The van der Waals surface area contributed by atoms with E-state index in [-0.39, 0.29) is 6.23 Å². The molecule has 1 aliphatic heterocycles. The molecule has 1 atom stereocenters. The molecule has 3 aromatic carbocycles. The summed E-state index contributed by atoms with van der Waals surface area (Å²) in [6.07, 6.45) is 6.58. The number of aryl methyl sites for hydroxylation is 1. The van der Waals surface area contributed by atoms with Crippen LogP contribution in [0.15, 0.2) is 66.7 Å². The number of ether oxygens (including phenoxy) is 2. The summed E-state index contributed by atoms with van der Waals surface area (Å²) in [7, 11) is 1.68. The lowest BCUT2D eigenvalue weighted by Gasteiger charge is -2.32. The summed E-state index contributed by atoms with van der Waals surface area (Å²) in [6.45, 7) is 4.26. The third-order valence-electron chi connectivity index (χ3n) is 7.30. The zero-order valence-electron chi connectivity index (χ0n) is 20.6. The van der Waals surface area contributed by atoms with Crippen LogP contribution >= 0.6 is 0 Å². The van der Waals surface area contributed by atoms with Crippen molar-refractivity contribution in [2.24, 2.45) is 0 Å². The Hall–Kier alpha value is -3.37. The molecule has 180 valence electrons. The average molecular weight is 468 g/mol. The van der Waals surface area contributed by atoms with Crippen LogP contribution in [-0.4, -0.2) is 37.6 Å². The van der Waals surface area contributed by atoms with Gasteiger partial charge in [0.1, 0.15) is 17.7 Å². The van der Waals surface area contributed by atoms with E-state index in [0.717, 1.165) is 60.4 Å². The predicted molar refractivity (Wildman–Crippen MR) is 141 cm³/mol. The van der Waals surface area contributed by atoms with Crippen molar-refractivity contribution in [2.75, 3.05) is 20.2 Å². The Kier molecular flexibility index (Phi) is 7.01. The fourth-order valence-corrected chi connectivity index (χ4v) is 5.40. The van der Waals surface area contributed by atoms with Crippen LogP contribution in [0.2, 0.25) is 0 Å². The molecule has 0 aromatic heterocycles. The molecule has 1 heterocycles. The molecular weight excluding hydrogens is 434 g/mol. The van der Waals surface area contributed by atoms with Crippen LogP contribution in [0, 0.1) is 0 Å². The number of likely N-dealkylation sites (tertiary alicyclic amines) is 1. The van der Waals surface area contributed by atoms with Crippen LogP contribution in [0.3, 0.4) is 0 Å². The average Bonchev–Trinajstić information content (AvgIpc) is 2.93. The second kappa shape index (κ2) is 10.5. The van der Waals surface area contributed by atoms with E-state index in [1.54, 1.807) is 7.11 Å². The molecule has 1 fully saturated rings. The van der Waals surface area contributed by atoms with Crippen molar-refractivity contribution in [2.45, 2.75) is 45.3 Å². The molecule has 4 heteroatoms. The minimum Gasteiger partial charge on any atom is -0.497 e. The van der Waals surface area contributed by atoms with Gasteiger partial charge in [-0.2, -0.15) is 0 Å². The molecule has 2 aliphatic rings. The van der Waals surface area contributed by atoms with Crippen molar-refractivity contribution in [3.63, 3.8) is 0 Å². The van der Waals surface area contributed by atoms with Gasteiger partial charge in [0.05, 0.1) is 7.11 Å². The van der Waals surface area contributed by atoms with Crippen molar-refractivity contribution in [3.8, 4) is 11.5 Å². The first kappa shape index (κ1) is 23.4. The molecule has 1 aliphatic carbocycles. The molecule has 35 heavy (non-hydrogen) atoms. The molecule has 4 nitrogen and oxygen atoms in total. The number of carbonyl (C=O) groups excluding carboxylic acids is 1. The number of rotatable bonds is 7. The highest BCUT2D eigenvalue weighted by molar-refractivity contribution is 6.04. The van der Waals surface area contributed by atoms with Gasteiger partial charge in [-0.3, -0.25) is 9.69 Å². The van der Waals surface area contributed by atoms with Crippen LogP contribution in [0.25, 0.3) is 11.1 Å². The maximum absolute atomic E-state index is 12.2. The Balaban J connectivity index is 1.61. The van der Waals surface area contributed by atoms with E-state index in [2.05, 4.69) is 54.3 Å². The highest BCUT2D eigenvalue weighted by atomic mass is 16.5. The molecule has 0 bridgehead atoms. The number of hydrogen-bond donors (Lipinski definition) is 0. The molecule has 1 saturated heterocycles. The monoisotopic (exact) mass is 467 g/mol. The number of aldehydes is 1. The molecule has 0 radical (unpaired) electrons. The van der Waals surface area contributed by atoms with Gasteiger partial charge in [-0.05, 0) is 96.3 Å². The lowest BCUT2D eigenvalue weighted by Crippen LogP contribution is -2.40. The normalized spacial score (nSPS) is 17.0. The topological polar surface area (TPSA) is 38.8 Å². The third kappa shape index (κ3) is 4.89. The van der Waals surface area contributed by atoms with Crippen molar-refractivity contribution < 1.29 is 14.3 Å². The number of methoxy groups -OCH3 is 1. The van der Waals surface area contributed by atoms with Gasteiger partial charge in [0, 0.05) is 18.7 Å². The van der Waals surface area contributed by atoms with Crippen molar-refractivity contribution in [1.29, 1.82) is 0 Å². The second-order valence-corrected chi connectivity index (χ2v) is 9.42. The number of piperidine rings is 1. The smallest absolute Gasteiger partial charge is 0.150 e. The Bertz CT molecular complexity index is 1220. The Morgan fingerprint density at radius 2 is 1.60 bits per heavy atom. The first-order chi connectivity index (χ1) is 17.2. The van der Waals surface area contributed by atoms with Crippen LogP contribution in [0.4, 0.5) is 0 Å². The molecule has 5 rings (SSSR count). The fraction of sp³-hybridized carbons (Fsp3) is 0.323. The molecule has 0 saturated carbocycles. The van der Waals surface area contributed by atoms with Gasteiger partial charge in [0.2, 0.25) is 0 Å². The molecule has 3 aromatic rings. The molecule has 0 N–H and O–H groups in total. The number of fused-ring (bicyclic) bond motifs is 1. The van der Waals surface area contributed by atoms with E-state index in [1.807, 2.05) is 24.3 Å². The predicted octanol–water partition coefficient (Wildman–Crippen LogP) is 6.62. The summed E-state index contributed by atoms with van der Waals surface area (Å²) < 4.78 is 11.8. The van der Waals surface area contributed by atoms with E-state index >= 15 is 0 Å². The van der Waals surface area contributed by atoms with E-state index < -0.39 is 0 Å². The Labute approximate surface area is 208 Å². The molecule has 1 unspecified atom stereocenters. The molecular formula is C31H33NO3. The highest BCUT2D eigenvalue weighted by Crippen LogP contribution is 2.42. The summed E-state index contributed by atoms with van der Waals surface area (Å²) >= 11 is 0. The van der Waals surface area contributed by atoms with Gasteiger partial charge in [-0.25, -0.2) is 0 Å². The Morgan fingerprint density at radius 3 is 2.34 bits per heavy atom. The van der Waals surface area contributed by atoms with Crippen molar-refractivity contribution in [3.05, 3.63) is 94.5 Å². The minimum atomic E-state index is -0.00101.